The van der Waals surface area contributed by atoms with Crippen LogP contribution in [0.1, 0.15) is 25.7 Å². The minimum atomic E-state index is -0.883. The summed E-state index contributed by atoms with van der Waals surface area (Å²) in [6.45, 7) is -0.197. The Hall–Kier alpha value is -1.13. The first-order valence-corrected chi connectivity index (χ1v) is 4.46. The molecule has 13 heavy (non-hydrogen) atoms. The zero-order valence-electron chi connectivity index (χ0n) is 7.31. The van der Waals surface area contributed by atoms with Crippen LogP contribution in [0.4, 0.5) is 0 Å². The molecule has 2 atom stereocenters. The van der Waals surface area contributed by atoms with Crippen LogP contribution in [0.2, 0.25) is 0 Å². The zero-order valence-corrected chi connectivity index (χ0v) is 7.31. The summed E-state index contributed by atoms with van der Waals surface area (Å²) in [5.74, 6) is -1.65. The van der Waals surface area contributed by atoms with Crippen LogP contribution < -0.4 is 0 Å². The lowest BCUT2D eigenvalue weighted by molar-refractivity contribution is -0.490. The number of hydrogen-bond acceptors (Lipinski definition) is 3. The average Bonchev–Trinajstić information content (AvgIpc) is 2.03. The molecule has 5 heteroatoms. The minimum absolute atomic E-state index is 0.197. The van der Waals surface area contributed by atoms with E-state index in [-0.39, 0.29) is 12.5 Å². The van der Waals surface area contributed by atoms with Crippen molar-refractivity contribution in [3.05, 3.63) is 10.1 Å². The van der Waals surface area contributed by atoms with Crippen LogP contribution in [-0.4, -0.2) is 22.5 Å². The Balaban J connectivity index is 2.56. The molecule has 0 amide bonds. The fourth-order valence-corrected chi connectivity index (χ4v) is 1.94. The third-order valence-corrected chi connectivity index (χ3v) is 2.61. The topological polar surface area (TPSA) is 80.4 Å². The van der Waals surface area contributed by atoms with E-state index in [1.807, 2.05) is 0 Å². The Labute approximate surface area is 75.9 Å². The fraction of sp³-hybridized carbons (Fsp3) is 0.875. The van der Waals surface area contributed by atoms with Gasteiger partial charge in [-0.25, -0.2) is 0 Å². The molecular weight excluding hydrogens is 174 g/mol. The number of carbonyl (C=O) groups is 1. The van der Waals surface area contributed by atoms with E-state index in [2.05, 4.69) is 0 Å². The van der Waals surface area contributed by atoms with Gasteiger partial charge in [-0.2, -0.15) is 0 Å². The van der Waals surface area contributed by atoms with E-state index in [4.69, 9.17) is 5.11 Å². The van der Waals surface area contributed by atoms with Crippen molar-refractivity contribution in [2.75, 3.05) is 6.54 Å². The molecule has 0 aromatic rings. The molecule has 1 aliphatic carbocycles. The van der Waals surface area contributed by atoms with Gasteiger partial charge in [-0.15, -0.1) is 0 Å². The van der Waals surface area contributed by atoms with Crippen molar-refractivity contribution in [2.24, 2.45) is 11.8 Å². The largest absolute Gasteiger partial charge is 0.481 e. The second-order valence-corrected chi connectivity index (χ2v) is 3.50. The summed E-state index contributed by atoms with van der Waals surface area (Å²) < 4.78 is 0. The lowest BCUT2D eigenvalue weighted by atomic mass is 9.79. The predicted octanol–water partition coefficient (Wildman–Crippen LogP) is 1.15. The Bertz CT molecular complexity index is 216. The third-order valence-electron chi connectivity index (χ3n) is 2.61. The minimum Gasteiger partial charge on any atom is -0.481 e. The van der Waals surface area contributed by atoms with Gasteiger partial charge in [-0.05, 0) is 12.8 Å². The summed E-state index contributed by atoms with van der Waals surface area (Å²) in [7, 11) is 0. The van der Waals surface area contributed by atoms with Crippen LogP contribution in [0.25, 0.3) is 0 Å². The van der Waals surface area contributed by atoms with Crippen molar-refractivity contribution in [2.45, 2.75) is 25.7 Å². The van der Waals surface area contributed by atoms with E-state index in [1.54, 1.807) is 0 Å². The van der Waals surface area contributed by atoms with Gasteiger partial charge in [0.25, 0.3) is 0 Å². The van der Waals surface area contributed by atoms with Crippen LogP contribution in [0, 0.1) is 22.0 Å². The number of nitro groups is 1. The van der Waals surface area contributed by atoms with Crippen LogP contribution in [-0.2, 0) is 4.79 Å². The highest BCUT2D eigenvalue weighted by atomic mass is 16.6. The standard InChI is InChI=1S/C8H13NO4/c10-8(11)7-4-2-1-3-6(7)5-9(12)13/h6-7H,1-5H2,(H,10,11). The van der Waals surface area contributed by atoms with Crippen LogP contribution in [0.3, 0.4) is 0 Å². The Kier molecular flexibility index (Phi) is 3.22. The Morgan fingerprint density at radius 1 is 1.46 bits per heavy atom. The van der Waals surface area contributed by atoms with Gasteiger partial charge in [-0.1, -0.05) is 12.8 Å². The van der Waals surface area contributed by atoms with E-state index in [0.717, 1.165) is 12.8 Å². The highest BCUT2D eigenvalue weighted by molar-refractivity contribution is 5.70. The second kappa shape index (κ2) is 4.20. The molecule has 0 radical (unpaired) electrons. The van der Waals surface area contributed by atoms with Gasteiger partial charge >= 0.3 is 5.97 Å². The van der Waals surface area contributed by atoms with E-state index in [0.29, 0.717) is 12.8 Å². The molecule has 0 bridgehead atoms. The zero-order chi connectivity index (χ0) is 9.84. The van der Waals surface area contributed by atoms with Crippen molar-refractivity contribution in [3.8, 4) is 0 Å². The SMILES string of the molecule is O=C(O)C1CCCCC1C[N+](=O)[O-]. The predicted molar refractivity (Wildman–Crippen MR) is 44.9 cm³/mol. The van der Waals surface area contributed by atoms with Crippen molar-refractivity contribution in [1.82, 2.24) is 0 Å². The van der Waals surface area contributed by atoms with Gasteiger partial charge in [-0.3, -0.25) is 14.9 Å². The first-order valence-electron chi connectivity index (χ1n) is 4.46. The van der Waals surface area contributed by atoms with Crippen molar-refractivity contribution in [1.29, 1.82) is 0 Å². The molecule has 5 nitrogen and oxygen atoms in total. The Morgan fingerprint density at radius 3 is 2.62 bits per heavy atom. The van der Waals surface area contributed by atoms with Crippen molar-refractivity contribution >= 4 is 5.97 Å². The van der Waals surface area contributed by atoms with E-state index < -0.39 is 16.8 Å². The van der Waals surface area contributed by atoms with Gasteiger partial charge in [0.05, 0.1) is 5.92 Å². The van der Waals surface area contributed by atoms with Crippen LogP contribution in [0.15, 0.2) is 0 Å². The molecule has 0 saturated heterocycles. The fourth-order valence-electron chi connectivity index (χ4n) is 1.94. The van der Waals surface area contributed by atoms with Crippen LogP contribution in [0.5, 0.6) is 0 Å². The first kappa shape index (κ1) is 9.95. The molecule has 1 saturated carbocycles. The third kappa shape index (κ3) is 2.68. The van der Waals surface area contributed by atoms with Crippen LogP contribution >= 0.6 is 0 Å². The molecule has 0 aliphatic heterocycles. The number of carboxylic acid groups (broad SMARTS) is 1. The molecule has 0 heterocycles. The van der Waals surface area contributed by atoms with Crippen molar-refractivity contribution < 1.29 is 14.8 Å². The lowest BCUT2D eigenvalue weighted by Gasteiger charge is -2.25. The maximum atomic E-state index is 10.7. The van der Waals surface area contributed by atoms with Gasteiger partial charge in [0, 0.05) is 10.8 Å². The number of rotatable bonds is 3. The molecular formula is C8H13NO4. The maximum absolute atomic E-state index is 10.7. The summed E-state index contributed by atoms with van der Waals surface area (Å²) in [4.78, 5) is 20.6. The molecule has 0 aromatic carbocycles. The molecule has 1 fully saturated rings. The molecule has 74 valence electrons. The highest BCUT2D eigenvalue weighted by Gasteiger charge is 2.33. The lowest BCUT2D eigenvalue weighted by Crippen LogP contribution is -2.31. The summed E-state index contributed by atoms with van der Waals surface area (Å²) in [5.41, 5.74) is 0. The quantitative estimate of drug-likeness (QED) is 0.531. The van der Waals surface area contributed by atoms with Gasteiger partial charge in [0.1, 0.15) is 0 Å². The average molecular weight is 187 g/mol. The number of carboxylic acids is 1. The number of nitrogens with zero attached hydrogens (tertiary/aromatic N) is 1. The van der Waals surface area contributed by atoms with E-state index in [1.165, 1.54) is 0 Å². The van der Waals surface area contributed by atoms with Gasteiger partial charge < -0.3 is 5.11 Å². The first-order chi connectivity index (χ1) is 6.11. The molecule has 2 unspecified atom stereocenters. The Morgan fingerprint density at radius 2 is 2.08 bits per heavy atom. The summed E-state index contributed by atoms with van der Waals surface area (Å²) in [5, 5.41) is 19.0. The van der Waals surface area contributed by atoms with E-state index >= 15 is 0 Å². The smallest absolute Gasteiger partial charge is 0.307 e. The second-order valence-electron chi connectivity index (χ2n) is 3.50. The number of hydrogen-bond donors (Lipinski definition) is 1. The van der Waals surface area contributed by atoms with Gasteiger partial charge in [0.15, 0.2) is 0 Å². The number of aliphatic carboxylic acids is 1. The maximum Gasteiger partial charge on any atom is 0.307 e. The highest BCUT2D eigenvalue weighted by Crippen LogP contribution is 2.30. The van der Waals surface area contributed by atoms with E-state index in [9.17, 15) is 14.9 Å². The molecule has 1 N–H and O–H groups in total. The summed E-state index contributed by atoms with van der Waals surface area (Å²) >= 11 is 0. The molecule has 1 rings (SSSR count). The summed E-state index contributed by atoms with van der Waals surface area (Å²) in [6.07, 6.45) is 3.07. The molecule has 1 aliphatic rings. The molecule has 0 spiro atoms. The van der Waals surface area contributed by atoms with Crippen molar-refractivity contribution in [3.63, 3.8) is 0 Å². The summed E-state index contributed by atoms with van der Waals surface area (Å²) in [6, 6.07) is 0. The van der Waals surface area contributed by atoms with Gasteiger partial charge in [0.2, 0.25) is 6.54 Å². The monoisotopic (exact) mass is 187 g/mol. The normalized spacial score (nSPS) is 28.3. The molecule has 0 aromatic heterocycles.